The van der Waals surface area contributed by atoms with Crippen LogP contribution in [0.4, 0.5) is 0 Å². The summed E-state index contributed by atoms with van der Waals surface area (Å²) >= 11 is 0. The highest BCUT2D eigenvalue weighted by Crippen LogP contribution is 2.24. The maximum atomic E-state index is 2.40. The summed E-state index contributed by atoms with van der Waals surface area (Å²) in [7, 11) is 0. The van der Waals surface area contributed by atoms with Gasteiger partial charge in [-0.25, -0.2) is 0 Å². The summed E-state index contributed by atoms with van der Waals surface area (Å²) in [4.78, 5) is 0. The molecule has 0 aliphatic carbocycles. The molecule has 0 aliphatic rings. The van der Waals surface area contributed by atoms with E-state index in [1.807, 2.05) is 0 Å². The van der Waals surface area contributed by atoms with Crippen LogP contribution in [0.15, 0.2) is 0 Å². The minimum atomic E-state index is 1.03. The summed E-state index contributed by atoms with van der Waals surface area (Å²) in [5.74, 6) is 1.03. The fourth-order valence-electron chi connectivity index (χ4n) is 7.51. The van der Waals surface area contributed by atoms with Gasteiger partial charge >= 0.3 is 0 Å². The molecule has 0 nitrogen and oxygen atoms in total. The van der Waals surface area contributed by atoms with Crippen molar-refractivity contribution in [3.05, 3.63) is 0 Å². The molecule has 0 bridgehead atoms. The Balaban J connectivity index is 3.32. The summed E-state index contributed by atoms with van der Waals surface area (Å²) in [5.41, 5.74) is 0. The summed E-state index contributed by atoms with van der Waals surface area (Å²) in [6, 6.07) is 0. The maximum Gasteiger partial charge on any atom is -0.0414 e. The molecule has 0 amide bonds. The van der Waals surface area contributed by atoms with E-state index in [0.717, 1.165) is 5.92 Å². The van der Waals surface area contributed by atoms with Gasteiger partial charge in [-0.05, 0) is 5.92 Å². The van der Waals surface area contributed by atoms with Crippen LogP contribution >= 0.6 is 0 Å². The fourth-order valence-corrected chi connectivity index (χ4v) is 7.51. The van der Waals surface area contributed by atoms with Gasteiger partial charge in [-0.15, -0.1) is 0 Å². The Labute approximate surface area is 282 Å². The predicted octanol–water partition coefficient (Wildman–Crippen LogP) is 17.3. The molecule has 1 atom stereocenters. The second kappa shape index (κ2) is 41.0. The van der Waals surface area contributed by atoms with Crippen molar-refractivity contribution in [2.24, 2.45) is 5.92 Å². The lowest BCUT2D eigenvalue weighted by atomic mass is 9.90. The molecule has 0 rings (SSSR count). The van der Waals surface area contributed by atoms with Crippen molar-refractivity contribution in [1.82, 2.24) is 0 Å². The van der Waals surface area contributed by atoms with Crippen LogP contribution in [0.1, 0.15) is 278 Å². The number of hydrogen-bond acceptors (Lipinski definition) is 0. The Kier molecular flexibility index (Phi) is 41.0. The van der Waals surface area contributed by atoms with Crippen LogP contribution in [-0.4, -0.2) is 0 Å². The first-order valence-electron chi connectivity index (χ1n) is 21.8. The van der Waals surface area contributed by atoms with Crippen molar-refractivity contribution in [1.29, 1.82) is 0 Å². The second-order valence-electron chi connectivity index (χ2n) is 15.3. The van der Waals surface area contributed by atoms with Crippen molar-refractivity contribution in [2.75, 3.05) is 0 Å². The number of unbranched alkanes of at least 4 members (excludes halogenated alkanes) is 34. The largest absolute Gasteiger partial charge is 0.0654 e. The zero-order valence-electron chi connectivity index (χ0n) is 31.9. The molecule has 0 spiro atoms. The quantitative estimate of drug-likeness (QED) is 0.0599. The molecule has 0 aromatic rings. The van der Waals surface area contributed by atoms with E-state index in [2.05, 4.69) is 20.8 Å². The van der Waals surface area contributed by atoms with E-state index in [4.69, 9.17) is 0 Å². The van der Waals surface area contributed by atoms with Crippen molar-refractivity contribution < 1.29 is 0 Å². The van der Waals surface area contributed by atoms with Crippen molar-refractivity contribution in [2.45, 2.75) is 278 Å². The summed E-state index contributed by atoms with van der Waals surface area (Å²) in [6.45, 7) is 7.03. The Hall–Kier alpha value is 0. The minimum Gasteiger partial charge on any atom is -0.0654 e. The van der Waals surface area contributed by atoms with Crippen molar-refractivity contribution >= 4 is 0 Å². The first-order chi connectivity index (χ1) is 21.8. The van der Waals surface area contributed by atoms with Crippen LogP contribution in [0.2, 0.25) is 0 Å². The zero-order valence-corrected chi connectivity index (χ0v) is 31.9. The third-order valence-electron chi connectivity index (χ3n) is 10.6. The van der Waals surface area contributed by atoms with Gasteiger partial charge < -0.3 is 0 Å². The van der Waals surface area contributed by atoms with Gasteiger partial charge in [0.15, 0.2) is 0 Å². The molecule has 0 aromatic carbocycles. The number of rotatable bonds is 40. The van der Waals surface area contributed by atoms with Crippen LogP contribution in [0.5, 0.6) is 0 Å². The van der Waals surface area contributed by atoms with E-state index in [9.17, 15) is 0 Å². The molecule has 0 radical (unpaired) electrons. The van der Waals surface area contributed by atoms with E-state index in [-0.39, 0.29) is 0 Å². The Morgan fingerprint density at radius 1 is 0.182 bits per heavy atom. The molecular formula is C44H90. The first kappa shape index (κ1) is 44.0. The average Bonchev–Trinajstić information content (AvgIpc) is 3.03. The van der Waals surface area contributed by atoms with Gasteiger partial charge in [0.25, 0.3) is 0 Å². The molecule has 0 heteroatoms. The molecule has 266 valence electrons. The Bertz CT molecular complexity index is 467. The molecular weight excluding hydrogens is 528 g/mol. The van der Waals surface area contributed by atoms with Crippen LogP contribution in [-0.2, 0) is 0 Å². The molecule has 0 N–H and O–H groups in total. The Morgan fingerprint density at radius 2 is 0.364 bits per heavy atom. The van der Waals surface area contributed by atoms with E-state index in [1.165, 1.54) is 257 Å². The third kappa shape index (κ3) is 38.2. The lowest BCUT2D eigenvalue weighted by Crippen LogP contribution is -2.00. The van der Waals surface area contributed by atoms with Gasteiger partial charge in [0.1, 0.15) is 0 Å². The normalized spacial score (nSPS) is 12.3. The fraction of sp³-hybridized carbons (Fsp3) is 1.00. The van der Waals surface area contributed by atoms with Crippen LogP contribution in [0.3, 0.4) is 0 Å². The van der Waals surface area contributed by atoms with E-state index in [0.29, 0.717) is 0 Å². The van der Waals surface area contributed by atoms with Crippen LogP contribution < -0.4 is 0 Å². The van der Waals surface area contributed by atoms with E-state index >= 15 is 0 Å². The number of hydrogen-bond donors (Lipinski definition) is 0. The molecule has 0 aliphatic heterocycles. The van der Waals surface area contributed by atoms with Crippen LogP contribution in [0.25, 0.3) is 0 Å². The molecule has 0 saturated heterocycles. The highest BCUT2D eigenvalue weighted by molar-refractivity contribution is 4.61. The first-order valence-corrected chi connectivity index (χ1v) is 21.8. The van der Waals surface area contributed by atoms with E-state index < -0.39 is 0 Å². The highest BCUT2D eigenvalue weighted by Gasteiger charge is 2.07. The average molecular weight is 619 g/mol. The van der Waals surface area contributed by atoms with Crippen LogP contribution in [0, 0.1) is 5.92 Å². The second-order valence-corrected chi connectivity index (χ2v) is 15.3. The standard InChI is InChI=1S/C44H90/c1-4-7-9-11-13-15-17-19-21-22-23-24-25-26-27-28-30-32-34-36-38-40-43-44(41-6-3)42-39-37-35-33-31-29-20-18-16-14-12-10-8-5-2/h44H,4-43H2,1-3H3. The molecule has 44 heavy (non-hydrogen) atoms. The van der Waals surface area contributed by atoms with Crippen molar-refractivity contribution in [3.63, 3.8) is 0 Å². The molecule has 0 fully saturated rings. The van der Waals surface area contributed by atoms with Gasteiger partial charge in [0.2, 0.25) is 0 Å². The molecule has 1 unspecified atom stereocenters. The van der Waals surface area contributed by atoms with Gasteiger partial charge in [0.05, 0.1) is 0 Å². The predicted molar refractivity (Wildman–Crippen MR) is 205 cm³/mol. The smallest absolute Gasteiger partial charge is 0.0414 e. The lowest BCUT2D eigenvalue weighted by molar-refractivity contribution is 0.376. The third-order valence-corrected chi connectivity index (χ3v) is 10.6. The van der Waals surface area contributed by atoms with Gasteiger partial charge in [-0.3, -0.25) is 0 Å². The summed E-state index contributed by atoms with van der Waals surface area (Å²) in [6.07, 6.45) is 59.3. The minimum absolute atomic E-state index is 1.03. The van der Waals surface area contributed by atoms with Crippen molar-refractivity contribution in [3.8, 4) is 0 Å². The van der Waals surface area contributed by atoms with Gasteiger partial charge in [0, 0.05) is 0 Å². The molecule has 0 saturated carbocycles. The van der Waals surface area contributed by atoms with Gasteiger partial charge in [-0.1, -0.05) is 278 Å². The zero-order chi connectivity index (χ0) is 31.9. The lowest BCUT2D eigenvalue weighted by Gasteiger charge is -2.16. The summed E-state index contributed by atoms with van der Waals surface area (Å²) in [5, 5.41) is 0. The van der Waals surface area contributed by atoms with E-state index in [1.54, 1.807) is 0 Å². The molecule has 0 aromatic heterocycles. The highest BCUT2D eigenvalue weighted by atomic mass is 14.1. The maximum absolute atomic E-state index is 2.40. The monoisotopic (exact) mass is 619 g/mol. The summed E-state index contributed by atoms with van der Waals surface area (Å²) < 4.78 is 0. The topological polar surface area (TPSA) is 0 Å². The molecule has 0 heterocycles. The SMILES string of the molecule is CCCCCCCCCCCCCCCCCCCCCCCCC(CCC)CCCCCCCCCCCCCCCC. The Morgan fingerprint density at radius 3 is 0.545 bits per heavy atom. The van der Waals surface area contributed by atoms with Gasteiger partial charge in [-0.2, -0.15) is 0 Å².